The summed E-state index contributed by atoms with van der Waals surface area (Å²) < 4.78 is 2.03. The van der Waals surface area contributed by atoms with E-state index in [2.05, 4.69) is 18.3 Å². The fraction of sp³-hybridized carbons (Fsp3) is 0.182. The van der Waals surface area contributed by atoms with E-state index in [-0.39, 0.29) is 11.9 Å². The summed E-state index contributed by atoms with van der Waals surface area (Å²) in [5.74, 6) is 0.328. The van der Waals surface area contributed by atoms with E-state index in [1.165, 1.54) is 0 Å². The molecule has 1 aromatic heterocycles. The van der Waals surface area contributed by atoms with Crippen LogP contribution in [0.3, 0.4) is 0 Å². The Hall–Kier alpha value is -3.32. The van der Waals surface area contributed by atoms with Crippen LogP contribution in [0.25, 0.3) is 0 Å². The van der Waals surface area contributed by atoms with Gasteiger partial charge >= 0.3 is 0 Å². The molecule has 0 fully saturated rings. The Bertz CT molecular complexity index is 966. The molecule has 0 unspecified atom stereocenters. The monoisotopic (exact) mass is 343 g/mol. The van der Waals surface area contributed by atoms with Crippen molar-refractivity contribution in [2.24, 2.45) is 0 Å². The summed E-state index contributed by atoms with van der Waals surface area (Å²) in [5.41, 5.74) is 4.05. The molecule has 130 valence electrons. The van der Waals surface area contributed by atoms with Gasteiger partial charge in [-0.05, 0) is 44.0 Å². The maximum atomic E-state index is 12.7. The van der Waals surface area contributed by atoms with Crippen LogP contribution < -0.4 is 5.32 Å². The zero-order chi connectivity index (χ0) is 18.7. The van der Waals surface area contributed by atoms with E-state index in [9.17, 15) is 10.1 Å². The predicted octanol–water partition coefficient (Wildman–Crippen LogP) is 4.84. The molecule has 0 aliphatic carbocycles. The van der Waals surface area contributed by atoms with Crippen molar-refractivity contribution < 1.29 is 4.79 Å². The zero-order valence-corrected chi connectivity index (χ0v) is 15.2. The first-order chi connectivity index (χ1) is 12.5. The average Bonchev–Trinajstić information content (AvgIpc) is 2.92. The van der Waals surface area contributed by atoms with E-state index < -0.39 is 0 Å². The average molecular weight is 343 g/mol. The van der Waals surface area contributed by atoms with Gasteiger partial charge in [0.25, 0.3) is 5.91 Å². The van der Waals surface area contributed by atoms with Gasteiger partial charge in [-0.15, -0.1) is 0 Å². The number of carbonyl (C=O) groups excluding carboxylic acids is 1. The second-order valence-corrected chi connectivity index (χ2v) is 6.32. The van der Waals surface area contributed by atoms with Crippen LogP contribution in [-0.4, -0.2) is 10.5 Å². The van der Waals surface area contributed by atoms with Gasteiger partial charge in [0.1, 0.15) is 11.9 Å². The van der Waals surface area contributed by atoms with Crippen molar-refractivity contribution in [1.82, 2.24) is 4.57 Å². The Morgan fingerprint density at radius 2 is 1.62 bits per heavy atom. The van der Waals surface area contributed by atoms with Gasteiger partial charge in [-0.3, -0.25) is 4.79 Å². The van der Waals surface area contributed by atoms with Crippen molar-refractivity contribution in [2.75, 3.05) is 5.32 Å². The predicted molar refractivity (Wildman–Crippen MR) is 103 cm³/mol. The number of nitriles is 1. The number of amides is 1. The Balaban J connectivity index is 2.08. The molecule has 26 heavy (non-hydrogen) atoms. The van der Waals surface area contributed by atoms with E-state index in [1.54, 1.807) is 12.1 Å². The Labute approximate surface area is 153 Å². The van der Waals surface area contributed by atoms with Gasteiger partial charge in [0, 0.05) is 11.3 Å². The van der Waals surface area contributed by atoms with Crippen LogP contribution in [0.4, 0.5) is 5.82 Å². The molecule has 0 spiro atoms. The van der Waals surface area contributed by atoms with Gasteiger partial charge in [0.15, 0.2) is 0 Å². The SMILES string of the molecule is Cc1c(C#N)c(NC(=O)c2ccccc2)n([C@@H](C)c2ccccc2)c1C. The third-order valence-electron chi connectivity index (χ3n) is 4.81. The second kappa shape index (κ2) is 7.28. The summed E-state index contributed by atoms with van der Waals surface area (Å²) in [6.45, 7) is 5.97. The van der Waals surface area contributed by atoms with Crippen LogP contribution in [0, 0.1) is 25.2 Å². The molecule has 3 rings (SSSR count). The van der Waals surface area contributed by atoms with E-state index in [1.807, 2.05) is 66.9 Å². The van der Waals surface area contributed by atoms with Gasteiger partial charge < -0.3 is 9.88 Å². The summed E-state index contributed by atoms with van der Waals surface area (Å²) in [5, 5.41) is 12.6. The van der Waals surface area contributed by atoms with Gasteiger partial charge in [-0.1, -0.05) is 48.5 Å². The first kappa shape index (κ1) is 17.5. The maximum Gasteiger partial charge on any atom is 0.256 e. The van der Waals surface area contributed by atoms with Crippen molar-refractivity contribution in [2.45, 2.75) is 26.8 Å². The molecule has 2 aromatic carbocycles. The smallest absolute Gasteiger partial charge is 0.256 e. The molecule has 4 heteroatoms. The number of carbonyl (C=O) groups is 1. The van der Waals surface area contributed by atoms with Crippen molar-refractivity contribution >= 4 is 11.7 Å². The Morgan fingerprint density at radius 1 is 1.04 bits per heavy atom. The normalized spacial score (nSPS) is 11.6. The number of hydrogen-bond donors (Lipinski definition) is 1. The van der Waals surface area contributed by atoms with Gasteiger partial charge in [-0.2, -0.15) is 5.26 Å². The molecule has 1 heterocycles. The summed E-state index contributed by atoms with van der Waals surface area (Å²) >= 11 is 0. The minimum absolute atomic E-state index is 0.0110. The van der Waals surface area contributed by atoms with Gasteiger partial charge in [0.05, 0.1) is 11.6 Å². The van der Waals surface area contributed by atoms with Crippen molar-refractivity contribution in [3.8, 4) is 6.07 Å². The fourth-order valence-corrected chi connectivity index (χ4v) is 3.22. The molecule has 1 atom stereocenters. The number of nitrogens with one attached hydrogen (secondary N) is 1. The third-order valence-corrected chi connectivity index (χ3v) is 4.81. The molecule has 0 bridgehead atoms. The molecule has 4 nitrogen and oxygen atoms in total. The minimum Gasteiger partial charge on any atom is -0.323 e. The highest BCUT2D eigenvalue weighted by Gasteiger charge is 2.23. The van der Waals surface area contributed by atoms with Crippen LogP contribution in [-0.2, 0) is 0 Å². The highest BCUT2D eigenvalue weighted by Crippen LogP contribution is 2.32. The van der Waals surface area contributed by atoms with Crippen LogP contribution >= 0.6 is 0 Å². The molecular formula is C22H21N3O. The lowest BCUT2D eigenvalue weighted by atomic mass is 10.1. The van der Waals surface area contributed by atoms with Crippen LogP contribution in [0.15, 0.2) is 60.7 Å². The van der Waals surface area contributed by atoms with E-state index in [0.29, 0.717) is 16.9 Å². The minimum atomic E-state index is -0.221. The molecule has 0 saturated heterocycles. The molecule has 0 aliphatic heterocycles. The Morgan fingerprint density at radius 3 is 2.19 bits per heavy atom. The highest BCUT2D eigenvalue weighted by atomic mass is 16.1. The molecular weight excluding hydrogens is 322 g/mol. The molecule has 1 amide bonds. The lowest BCUT2D eigenvalue weighted by molar-refractivity contribution is 0.102. The van der Waals surface area contributed by atoms with Crippen LogP contribution in [0.1, 0.15) is 45.7 Å². The van der Waals surface area contributed by atoms with Gasteiger partial charge in [-0.25, -0.2) is 0 Å². The summed E-state index contributed by atoms with van der Waals surface area (Å²) in [6, 6.07) is 21.3. The first-order valence-corrected chi connectivity index (χ1v) is 8.57. The maximum absolute atomic E-state index is 12.7. The Kier molecular flexibility index (Phi) is 4.90. The second-order valence-electron chi connectivity index (χ2n) is 6.32. The van der Waals surface area contributed by atoms with E-state index in [0.717, 1.165) is 16.8 Å². The molecule has 0 saturated carbocycles. The summed E-state index contributed by atoms with van der Waals surface area (Å²) in [7, 11) is 0. The van der Waals surface area contributed by atoms with E-state index in [4.69, 9.17) is 0 Å². The lowest BCUT2D eigenvalue weighted by Gasteiger charge is -2.20. The first-order valence-electron chi connectivity index (χ1n) is 8.57. The van der Waals surface area contributed by atoms with Crippen molar-refractivity contribution in [3.63, 3.8) is 0 Å². The molecule has 3 aromatic rings. The fourth-order valence-electron chi connectivity index (χ4n) is 3.22. The number of hydrogen-bond acceptors (Lipinski definition) is 2. The number of rotatable bonds is 4. The largest absolute Gasteiger partial charge is 0.323 e. The number of aromatic nitrogens is 1. The number of benzene rings is 2. The molecule has 1 N–H and O–H groups in total. The zero-order valence-electron chi connectivity index (χ0n) is 15.2. The standard InChI is InChI=1S/C22H21N3O/c1-15-16(2)25(17(3)18-10-6-4-7-11-18)21(20(15)14-23)24-22(26)19-12-8-5-9-13-19/h4-13,17H,1-3H3,(H,24,26)/t17-/m0/s1. The molecule has 0 aliphatic rings. The highest BCUT2D eigenvalue weighted by molar-refractivity contribution is 6.04. The van der Waals surface area contributed by atoms with Gasteiger partial charge in [0.2, 0.25) is 0 Å². The lowest BCUT2D eigenvalue weighted by Crippen LogP contribution is -2.18. The third kappa shape index (κ3) is 3.12. The summed E-state index contributed by atoms with van der Waals surface area (Å²) in [4.78, 5) is 12.7. The van der Waals surface area contributed by atoms with Crippen molar-refractivity contribution in [3.05, 3.63) is 88.6 Å². The van der Waals surface area contributed by atoms with Crippen LogP contribution in [0.5, 0.6) is 0 Å². The van der Waals surface area contributed by atoms with Crippen LogP contribution in [0.2, 0.25) is 0 Å². The quantitative estimate of drug-likeness (QED) is 0.737. The summed E-state index contributed by atoms with van der Waals surface area (Å²) in [6.07, 6.45) is 0. The van der Waals surface area contributed by atoms with E-state index >= 15 is 0 Å². The topological polar surface area (TPSA) is 57.8 Å². The number of nitrogens with zero attached hydrogens (tertiary/aromatic N) is 2. The molecule has 0 radical (unpaired) electrons. The number of anilines is 1. The van der Waals surface area contributed by atoms with Crippen molar-refractivity contribution in [1.29, 1.82) is 5.26 Å².